The molecule has 5 heteroatoms. The molecular weight excluding hydrogens is 210 g/mol. The predicted octanol–water partition coefficient (Wildman–Crippen LogP) is 0.0805. The number of β-amino-alcohol motifs (C(OH)–C–C–N with tert-alkyl or cyclic N) is 1. The molecule has 2 aliphatic rings. The maximum atomic E-state index is 12.1. The fraction of sp³-hybridized carbons (Fsp3) is 0.818. The number of aliphatic hydroxyl groups excluding tert-OH is 1. The average Bonchev–Trinajstić information content (AvgIpc) is 2.84. The molecule has 0 bridgehead atoms. The van der Waals surface area contributed by atoms with Crippen molar-refractivity contribution in [2.75, 3.05) is 13.1 Å². The van der Waals surface area contributed by atoms with Gasteiger partial charge in [0.1, 0.15) is 0 Å². The van der Waals surface area contributed by atoms with E-state index >= 15 is 0 Å². The van der Waals surface area contributed by atoms with Crippen LogP contribution in [0.1, 0.15) is 25.7 Å². The molecule has 0 aromatic heterocycles. The molecular formula is C11H17NO4. The molecule has 0 spiro atoms. The number of nitrogens with zero attached hydrogens (tertiary/aromatic N) is 1. The van der Waals surface area contributed by atoms with Crippen molar-refractivity contribution in [1.82, 2.24) is 4.90 Å². The van der Waals surface area contributed by atoms with Gasteiger partial charge in [0.2, 0.25) is 5.91 Å². The molecule has 90 valence electrons. The molecule has 1 aliphatic heterocycles. The van der Waals surface area contributed by atoms with Crippen molar-refractivity contribution in [1.29, 1.82) is 0 Å². The first-order chi connectivity index (χ1) is 7.59. The molecule has 3 unspecified atom stereocenters. The van der Waals surface area contributed by atoms with Gasteiger partial charge in [-0.15, -0.1) is 0 Å². The molecule has 0 aromatic rings. The predicted molar refractivity (Wildman–Crippen MR) is 55.7 cm³/mol. The topological polar surface area (TPSA) is 77.8 Å². The first-order valence-electron chi connectivity index (χ1n) is 5.79. The van der Waals surface area contributed by atoms with Gasteiger partial charge in [-0.3, -0.25) is 9.59 Å². The van der Waals surface area contributed by atoms with Gasteiger partial charge in [-0.05, 0) is 19.3 Å². The normalized spacial score (nSPS) is 34.3. The highest BCUT2D eigenvalue weighted by atomic mass is 16.4. The summed E-state index contributed by atoms with van der Waals surface area (Å²) in [5, 5.41) is 18.4. The zero-order valence-corrected chi connectivity index (χ0v) is 9.13. The zero-order chi connectivity index (χ0) is 11.7. The number of carbonyl (C=O) groups excluding carboxylic acids is 1. The van der Waals surface area contributed by atoms with E-state index in [4.69, 9.17) is 5.11 Å². The lowest BCUT2D eigenvalue weighted by molar-refractivity contribution is -0.148. The van der Waals surface area contributed by atoms with Gasteiger partial charge in [0.15, 0.2) is 0 Å². The number of aliphatic hydroxyl groups is 1. The smallest absolute Gasteiger partial charge is 0.307 e. The van der Waals surface area contributed by atoms with Crippen LogP contribution < -0.4 is 0 Å². The highest BCUT2D eigenvalue weighted by molar-refractivity contribution is 5.85. The van der Waals surface area contributed by atoms with Crippen LogP contribution in [0.15, 0.2) is 0 Å². The molecule has 0 aromatic carbocycles. The van der Waals surface area contributed by atoms with E-state index in [1.807, 2.05) is 0 Å². The Morgan fingerprint density at radius 1 is 1.12 bits per heavy atom. The number of amides is 1. The van der Waals surface area contributed by atoms with Crippen molar-refractivity contribution in [2.24, 2.45) is 11.8 Å². The van der Waals surface area contributed by atoms with Crippen molar-refractivity contribution >= 4 is 11.9 Å². The molecule has 1 aliphatic carbocycles. The molecule has 2 fully saturated rings. The van der Waals surface area contributed by atoms with Crippen LogP contribution in [-0.2, 0) is 9.59 Å². The summed E-state index contributed by atoms with van der Waals surface area (Å²) in [4.78, 5) is 24.6. The van der Waals surface area contributed by atoms with Crippen LogP contribution in [-0.4, -0.2) is 46.2 Å². The minimum atomic E-state index is -0.865. The number of likely N-dealkylation sites (tertiary alicyclic amines) is 1. The summed E-state index contributed by atoms with van der Waals surface area (Å²) in [7, 11) is 0. The molecule has 1 amide bonds. The highest BCUT2D eigenvalue weighted by Gasteiger charge is 2.40. The Balaban J connectivity index is 2.01. The Morgan fingerprint density at radius 2 is 1.81 bits per heavy atom. The van der Waals surface area contributed by atoms with Crippen molar-refractivity contribution < 1.29 is 19.8 Å². The number of aliphatic carboxylic acids is 1. The summed E-state index contributed by atoms with van der Waals surface area (Å²) in [6, 6.07) is 0. The number of hydrogen-bond donors (Lipinski definition) is 2. The third kappa shape index (κ3) is 2.04. The van der Waals surface area contributed by atoms with Gasteiger partial charge < -0.3 is 15.1 Å². The van der Waals surface area contributed by atoms with E-state index in [0.717, 1.165) is 6.42 Å². The summed E-state index contributed by atoms with van der Waals surface area (Å²) < 4.78 is 0. The number of hydrogen-bond acceptors (Lipinski definition) is 3. The largest absolute Gasteiger partial charge is 0.481 e. The fourth-order valence-corrected chi connectivity index (χ4v) is 2.73. The molecule has 3 atom stereocenters. The lowest BCUT2D eigenvalue weighted by Crippen LogP contribution is -2.38. The summed E-state index contributed by atoms with van der Waals surface area (Å²) >= 11 is 0. The Morgan fingerprint density at radius 3 is 2.38 bits per heavy atom. The summed E-state index contributed by atoms with van der Waals surface area (Å²) in [5.74, 6) is -1.84. The van der Waals surface area contributed by atoms with Gasteiger partial charge in [-0.2, -0.15) is 0 Å². The third-order valence-electron chi connectivity index (χ3n) is 3.63. The van der Waals surface area contributed by atoms with Crippen LogP contribution in [0.2, 0.25) is 0 Å². The third-order valence-corrected chi connectivity index (χ3v) is 3.63. The number of carbonyl (C=O) groups is 2. The van der Waals surface area contributed by atoms with E-state index in [0.29, 0.717) is 32.4 Å². The second-order valence-corrected chi connectivity index (χ2v) is 4.71. The molecule has 16 heavy (non-hydrogen) atoms. The highest BCUT2D eigenvalue weighted by Crippen LogP contribution is 2.34. The number of carboxylic acids is 1. The van der Waals surface area contributed by atoms with E-state index in [-0.39, 0.29) is 11.8 Å². The maximum Gasteiger partial charge on any atom is 0.307 e. The van der Waals surface area contributed by atoms with Gasteiger partial charge in [0.05, 0.1) is 17.9 Å². The lowest BCUT2D eigenvalue weighted by atomic mass is 9.95. The number of carboxylic acid groups (broad SMARTS) is 1. The Kier molecular flexibility index (Phi) is 3.14. The minimum absolute atomic E-state index is 0.0820. The SMILES string of the molecule is O=C(O)C1CCCC1C(=O)N1CCC(O)C1. The van der Waals surface area contributed by atoms with Crippen molar-refractivity contribution in [2.45, 2.75) is 31.8 Å². The van der Waals surface area contributed by atoms with Crippen LogP contribution in [0.25, 0.3) is 0 Å². The van der Waals surface area contributed by atoms with Crippen molar-refractivity contribution in [3.8, 4) is 0 Å². The molecule has 2 rings (SSSR count). The van der Waals surface area contributed by atoms with E-state index in [2.05, 4.69) is 0 Å². The molecule has 2 N–H and O–H groups in total. The quantitative estimate of drug-likeness (QED) is 0.700. The zero-order valence-electron chi connectivity index (χ0n) is 9.13. The molecule has 1 saturated carbocycles. The average molecular weight is 227 g/mol. The Hall–Kier alpha value is -1.10. The molecule has 5 nitrogen and oxygen atoms in total. The van der Waals surface area contributed by atoms with Gasteiger partial charge in [-0.25, -0.2) is 0 Å². The van der Waals surface area contributed by atoms with Crippen LogP contribution >= 0.6 is 0 Å². The second kappa shape index (κ2) is 4.41. The van der Waals surface area contributed by atoms with Gasteiger partial charge in [-0.1, -0.05) is 6.42 Å². The van der Waals surface area contributed by atoms with Gasteiger partial charge >= 0.3 is 5.97 Å². The Labute approximate surface area is 94.0 Å². The molecule has 1 saturated heterocycles. The van der Waals surface area contributed by atoms with Crippen LogP contribution in [0.3, 0.4) is 0 Å². The molecule has 0 radical (unpaired) electrons. The van der Waals surface area contributed by atoms with Gasteiger partial charge in [0.25, 0.3) is 0 Å². The lowest BCUT2D eigenvalue weighted by Gasteiger charge is -2.22. The van der Waals surface area contributed by atoms with Crippen LogP contribution in [0.5, 0.6) is 0 Å². The van der Waals surface area contributed by atoms with E-state index in [9.17, 15) is 14.7 Å². The van der Waals surface area contributed by atoms with E-state index < -0.39 is 18.0 Å². The fourth-order valence-electron chi connectivity index (χ4n) is 2.73. The standard InChI is InChI=1S/C11H17NO4/c13-7-4-5-12(6-7)10(14)8-2-1-3-9(8)11(15)16/h7-9,13H,1-6H2,(H,15,16). The Bertz CT molecular complexity index is 304. The monoisotopic (exact) mass is 227 g/mol. The second-order valence-electron chi connectivity index (χ2n) is 4.71. The maximum absolute atomic E-state index is 12.1. The first kappa shape index (κ1) is 11.4. The summed E-state index contributed by atoms with van der Waals surface area (Å²) in [6.07, 6.45) is 2.25. The van der Waals surface area contributed by atoms with Gasteiger partial charge in [0, 0.05) is 13.1 Å². The summed E-state index contributed by atoms with van der Waals surface area (Å²) in [5.41, 5.74) is 0. The van der Waals surface area contributed by atoms with Crippen LogP contribution in [0.4, 0.5) is 0 Å². The van der Waals surface area contributed by atoms with Crippen molar-refractivity contribution in [3.05, 3.63) is 0 Å². The minimum Gasteiger partial charge on any atom is -0.481 e. The first-order valence-corrected chi connectivity index (χ1v) is 5.79. The molecule has 1 heterocycles. The van der Waals surface area contributed by atoms with Crippen LogP contribution in [0, 0.1) is 11.8 Å². The van der Waals surface area contributed by atoms with E-state index in [1.54, 1.807) is 4.90 Å². The van der Waals surface area contributed by atoms with E-state index in [1.165, 1.54) is 0 Å². The number of rotatable bonds is 2. The summed E-state index contributed by atoms with van der Waals surface area (Å²) in [6.45, 7) is 0.921. The van der Waals surface area contributed by atoms with Crippen molar-refractivity contribution in [3.63, 3.8) is 0 Å².